The number of hydrogen-bond acceptors (Lipinski definition) is 4. The monoisotopic (exact) mass is 374 g/mol. The molecule has 0 heterocycles. The lowest BCUT2D eigenvalue weighted by atomic mass is 10.2. The molecule has 0 fully saturated rings. The number of sulfonamides is 2. The van der Waals surface area contributed by atoms with Crippen LogP contribution in [0.3, 0.4) is 0 Å². The van der Waals surface area contributed by atoms with Crippen molar-refractivity contribution in [3.05, 3.63) is 59.1 Å². The van der Waals surface area contributed by atoms with Crippen LogP contribution in [0.25, 0.3) is 0 Å². The summed E-state index contributed by atoms with van der Waals surface area (Å²) in [7, 11) is -6.19. The van der Waals surface area contributed by atoms with E-state index in [-0.39, 0.29) is 16.3 Å². The van der Waals surface area contributed by atoms with Gasteiger partial charge in [-0.2, -0.15) is 4.31 Å². The lowest BCUT2D eigenvalue weighted by molar-refractivity contribution is 0.466. The van der Waals surface area contributed by atoms with Crippen molar-refractivity contribution >= 4 is 31.6 Å². The first-order chi connectivity index (χ1) is 10.6. The number of halogens is 1. The molecule has 2 rings (SSSR count). The quantitative estimate of drug-likeness (QED) is 0.862. The lowest BCUT2D eigenvalue weighted by Gasteiger charge is -2.17. The molecule has 6 nitrogen and oxygen atoms in total. The predicted octanol–water partition coefficient (Wildman–Crippen LogP) is 1.81. The third kappa shape index (κ3) is 4.30. The normalized spacial score (nSPS) is 12.5. The summed E-state index contributed by atoms with van der Waals surface area (Å²) in [5.41, 5.74) is 0.740. The fourth-order valence-corrected chi connectivity index (χ4v) is 3.85. The Bertz CT molecular complexity index is 910. The topological polar surface area (TPSA) is 97.5 Å². The van der Waals surface area contributed by atoms with E-state index in [4.69, 9.17) is 16.7 Å². The highest BCUT2D eigenvalue weighted by molar-refractivity contribution is 7.89. The third-order valence-electron chi connectivity index (χ3n) is 3.15. The van der Waals surface area contributed by atoms with Crippen LogP contribution in [0.5, 0.6) is 0 Å². The minimum Gasteiger partial charge on any atom is -0.225 e. The Morgan fingerprint density at radius 2 is 1.57 bits per heavy atom. The van der Waals surface area contributed by atoms with E-state index in [9.17, 15) is 16.8 Å². The second-order valence-corrected chi connectivity index (χ2v) is 8.95. The van der Waals surface area contributed by atoms with Crippen molar-refractivity contribution < 1.29 is 16.8 Å². The summed E-state index contributed by atoms with van der Waals surface area (Å²) in [5, 5.41) is 5.51. The van der Waals surface area contributed by atoms with E-state index < -0.39 is 20.0 Å². The maximum absolute atomic E-state index is 12.5. The molecule has 0 bridgehead atoms. The van der Waals surface area contributed by atoms with Gasteiger partial charge >= 0.3 is 0 Å². The summed E-state index contributed by atoms with van der Waals surface area (Å²) in [6.45, 7) is 0.139. The van der Waals surface area contributed by atoms with Gasteiger partial charge in [0.05, 0.1) is 9.79 Å². The van der Waals surface area contributed by atoms with Gasteiger partial charge in [-0.3, -0.25) is 0 Å². The number of nitrogens with two attached hydrogens (primary N) is 1. The van der Waals surface area contributed by atoms with Crippen LogP contribution in [0.2, 0.25) is 5.02 Å². The van der Waals surface area contributed by atoms with Crippen molar-refractivity contribution in [1.29, 1.82) is 0 Å². The summed E-state index contributed by atoms with van der Waals surface area (Å²) in [6.07, 6.45) is 0. The van der Waals surface area contributed by atoms with Gasteiger partial charge in [0.15, 0.2) is 0 Å². The van der Waals surface area contributed by atoms with Gasteiger partial charge < -0.3 is 0 Å². The second-order valence-electron chi connectivity index (χ2n) is 4.91. The standard InChI is InChI=1S/C14H15ClN2O4S2/c1-17(10-11-3-2-4-12(15)9-11)23(20,21)14-7-5-13(6-8-14)22(16,18)19/h2-9H,10H2,1H3,(H2,16,18,19). The zero-order valence-corrected chi connectivity index (χ0v) is 14.6. The van der Waals surface area contributed by atoms with Gasteiger partial charge in [0.25, 0.3) is 0 Å². The van der Waals surface area contributed by atoms with Gasteiger partial charge in [0, 0.05) is 18.6 Å². The van der Waals surface area contributed by atoms with Crippen LogP contribution >= 0.6 is 11.6 Å². The Balaban J connectivity index is 2.27. The van der Waals surface area contributed by atoms with Gasteiger partial charge in [0.1, 0.15) is 0 Å². The van der Waals surface area contributed by atoms with Gasteiger partial charge in [-0.1, -0.05) is 23.7 Å². The van der Waals surface area contributed by atoms with Crippen LogP contribution in [0.1, 0.15) is 5.56 Å². The van der Waals surface area contributed by atoms with Crippen LogP contribution in [-0.4, -0.2) is 28.2 Å². The molecule has 0 saturated carbocycles. The Morgan fingerprint density at radius 1 is 1.00 bits per heavy atom. The molecular weight excluding hydrogens is 360 g/mol. The van der Waals surface area contributed by atoms with Crippen molar-refractivity contribution in [2.24, 2.45) is 5.14 Å². The number of primary sulfonamides is 1. The molecule has 0 atom stereocenters. The number of hydrogen-bond donors (Lipinski definition) is 1. The third-order valence-corrected chi connectivity index (χ3v) is 6.14. The Morgan fingerprint density at radius 3 is 2.09 bits per heavy atom. The van der Waals surface area contributed by atoms with Crippen molar-refractivity contribution in [2.45, 2.75) is 16.3 Å². The molecule has 0 unspecified atom stereocenters. The maximum atomic E-state index is 12.5. The molecule has 124 valence electrons. The van der Waals surface area contributed by atoms with Gasteiger partial charge in [-0.15, -0.1) is 0 Å². The van der Waals surface area contributed by atoms with E-state index >= 15 is 0 Å². The fraction of sp³-hybridized carbons (Fsp3) is 0.143. The summed E-state index contributed by atoms with van der Waals surface area (Å²) in [4.78, 5) is -0.164. The Hall–Kier alpha value is -1.45. The molecule has 0 radical (unpaired) electrons. The highest BCUT2D eigenvalue weighted by atomic mass is 35.5. The predicted molar refractivity (Wildman–Crippen MR) is 87.9 cm³/mol. The zero-order chi connectivity index (χ0) is 17.3. The van der Waals surface area contributed by atoms with Gasteiger partial charge in [0.2, 0.25) is 20.0 Å². The molecular formula is C14H15ClN2O4S2. The summed E-state index contributed by atoms with van der Waals surface area (Å²) < 4.78 is 48.6. The van der Waals surface area contributed by atoms with Crippen LogP contribution in [0.15, 0.2) is 58.3 Å². The molecule has 0 aliphatic carbocycles. The molecule has 2 N–H and O–H groups in total. The zero-order valence-electron chi connectivity index (χ0n) is 12.2. The van der Waals surface area contributed by atoms with E-state index in [0.29, 0.717) is 5.02 Å². The van der Waals surface area contributed by atoms with Crippen LogP contribution in [0.4, 0.5) is 0 Å². The largest absolute Gasteiger partial charge is 0.243 e. The van der Waals surface area contributed by atoms with Gasteiger partial charge in [-0.05, 0) is 42.0 Å². The number of benzene rings is 2. The summed E-state index contributed by atoms with van der Waals surface area (Å²) >= 11 is 5.88. The highest BCUT2D eigenvalue weighted by Gasteiger charge is 2.21. The van der Waals surface area contributed by atoms with Crippen LogP contribution in [-0.2, 0) is 26.6 Å². The molecule has 2 aromatic carbocycles. The first-order valence-corrected chi connectivity index (χ1v) is 9.81. The Kier molecular flexibility index (Phi) is 5.12. The fourth-order valence-electron chi connectivity index (χ4n) is 1.96. The molecule has 9 heteroatoms. The van der Waals surface area contributed by atoms with Crippen molar-refractivity contribution in [3.63, 3.8) is 0 Å². The maximum Gasteiger partial charge on any atom is 0.243 e. The molecule has 0 spiro atoms. The smallest absolute Gasteiger partial charge is 0.225 e. The summed E-state index contributed by atoms with van der Waals surface area (Å²) in [5.74, 6) is 0. The minimum atomic E-state index is -3.86. The van der Waals surface area contributed by atoms with E-state index in [1.807, 2.05) is 0 Å². The lowest BCUT2D eigenvalue weighted by Crippen LogP contribution is -2.26. The first kappa shape index (κ1) is 17.9. The van der Waals surface area contributed by atoms with E-state index in [1.165, 1.54) is 19.2 Å². The summed E-state index contributed by atoms with van der Waals surface area (Å²) in [6, 6.07) is 11.6. The van der Waals surface area contributed by atoms with Crippen molar-refractivity contribution in [3.8, 4) is 0 Å². The molecule has 0 aromatic heterocycles. The number of rotatable bonds is 5. The average Bonchev–Trinajstić information content (AvgIpc) is 2.46. The van der Waals surface area contributed by atoms with Crippen LogP contribution in [0, 0.1) is 0 Å². The van der Waals surface area contributed by atoms with E-state index in [1.54, 1.807) is 24.3 Å². The molecule has 23 heavy (non-hydrogen) atoms. The molecule has 0 amide bonds. The average molecular weight is 375 g/mol. The second kappa shape index (κ2) is 6.58. The molecule has 0 aliphatic rings. The number of nitrogens with zero attached hydrogens (tertiary/aromatic N) is 1. The van der Waals surface area contributed by atoms with E-state index in [2.05, 4.69) is 0 Å². The van der Waals surface area contributed by atoms with Gasteiger partial charge in [-0.25, -0.2) is 22.0 Å². The minimum absolute atomic E-state index is 0.0190. The molecule has 2 aromatic rings. The molecule has 0 saturated heterocycles. The van der Waals surface area contributed by atoms with Crippen molar-refractivity contribution in [1.82, 2.24) is 4.31 Å². The van der Waals surface area contributed by atoms with Crippen molar-refractivity contribution in [2.75, 3.05) is 7.05 Å². The molecule has 0 aliphatic heterocycles. The SMILES string of the molecule is CN(Cc1cccc(Cl)c1)S(=O)(=O)c1ccc(S(N)(=O)=O)cc1. The van der Waals surface area contributed by atoms with Crippen LogP contribution < -0.4 is 5.14 Å². The van der Waals surface area contributed by atoms with E-state index in [0.717, 1.165) is 22.0 Å². The highest BCUT2D eigenvalue weighted by Crippen LogP contribution is 2.20. The first-order valence-electron chi connectivity index (χ1n) is 6.44. The Labute approximate surface area is 140 Å².